The molecule has 0 unspecified atom stereocenters. The highest BCUT2D eigenvalue weighted by Gasteiger charge is 2.26. The molecule has 6 rings (SSSR count). The molecule has 4 nitrogen and oxygen atoms in total. The van der Waals surface area contributed by atoms with Gasteiger partial charge in [0.1, 0.15) is 15.2 Å². The monoisotopic (exact) mass is 419 g/mol. The molecule has 0 saturated heterocycles. The van der Waals surface area contributed by atoms with Gasteiger partial charge in [0, 0.05) is 16.5 Å². The topological polar surface area (TPSA) is 57.6 Å². The van der Waals surface area contributed by atoms with Crippen LogP contribution in [0.3, 0.4) is 0 Å². The van der Waals surface area contributed by atoms with E-state index in [4.69, 9.17) is 33.8 Å². The highest BCUT2D eigenvalue weighted by Crippen LogP contribution is 2.45. The molecular weight excluding hydrogens is 406 g/mol. The summed E-state index contributed by atoms with van der Waals surface area (Å²) in [6.45, 7) is 0. The number of thiophene rings is 1. The molecule has 0 amide bonds. The Morgan fingerprint density at radius 3 is 2.79 bits per heavy atom. The van der Waals surface area contributed by atoms with E-state index in [1.165, 1.54) is 16.7 Å². The number of aromatic nitrogens is 3. The minimum absolute atomic E-state index is 0.519. The van der Waals surface area contributed by atoms with Crippen LogP contribution in [0.15, 0.2) is 47.1 Å². The van der Waals surface area contributed by atoms with Crippen molar-refractivity contribution < 1.29 is 4.42 Å². The van der Waals surface area contributed by atoms with E-state index in [0.717, 1.165) is 50.3 Å². The van der Waals surface area contributed by atoms with Crippen LogP contribution in [0.2, 0.25) is 0 Å². The van der Waals surface area contributed by atoms with Gasteiger partial charge in [0.15, 0.2) is 4.77 Å². The summed E-state index contributed by atoms with van der Waals surface area (Å²) in [6, 6.07) is 12.4. The molecule has 1 aliphatic rings. The number of rotatable bonds is 1. The maximum atomic E-state index is 5.86. The van der Waals surface area contributed by atoms with Crippen LogP contribution in [-0.4, -0.2) is 15.0 Å². The van der Waals surface area contributed by atoms with Gasteiger partial charge >= 0.3 is 0 Å². The lowest BCUT2D eigenvalue weighted by Gasteiger charge is -2.21. The molecule has 4 aromatic heterocycles. The number of furan rings is 1. The molecule has 0 aliphatic heterocycles. The molecule has 28 heavy (non-hydrogen) atoms. The molecule has 0 fully saturated rings. The largest absolute Gasteiger partial charge is 0.464 e. The number of fused-ring (bicyclic) bond motifs is 6. The fraction of sp³-hybridized carbons (Fsp3) is 0.0952. The van der Waals surface area contributed by atoms with Crippen molar-refractivity contribution in [3.63, 3.8) is 0 Å². The van der Waals surface area contributed by atoms with Gasteiger partial charge in [0.25, 0.3) is 0 Å². The average Bonchev–Trinajstić information content (AvgIpc) is 3.34. The van der Waals surface area contributed by atoms with E-state index in [-0.39, 0.29) is 0 Å². The first-order chi connectivity index (χ1) is 13.7. The lowest BCUT2D eigenvalue weighted by Crippen LogP contribution is -2.07. The van der Waals surface area contributed by atoms with Crippen LogP contribution in [0, 0.1) is 9.41 Å². The zero-order chi connectivity index (χ0) is 18.8. The van der Waals surface area contributed by atoms with Gasteiger partial charge in [-0.2, -0.15) is 0 Å². The van der Waals surface area contributed by atoms with Crippen molar-refractivity contribution in [2.45, 2.75) is 12.8 Å². The van der Waals surface area contributed by atoms with Crippen LogP contribution < -0.4 is 0 Å². The van der Waals surface area contributed by atoms with Crippen LogP contribution in [0.4, 0.5) is 0 Å². The maximum Gasteiger partial charge on any atom is 0.175 e. The number of aromatic amines is 2. The molecule has 136 valence electrons. The van der Waals surface area contributed by atoms with E-state index in [0.29, 0.717) is 9.41 Å². The van der Waals surface area contributed by atoms with Crippen LogP contribution in [0.1, 0.15) is 11.1 Å². The van der Waals surface area contributed by atoms with Crippen molar-refractivity contribution in [1.82, 2.24) is 15.0 Å². The van der Waals surface area contributed by atoms with E-state index in [1.807, 2.05) is 12.1 Å². The molecule has 1 aliphatic carbocycles. The van der Waals surface area contributed by atoms with E-state index < -0.39 is 0 Å². The summed E-state index contributed by atoms with van der Waals surface area (Å²) in [4.78, 5) is 12.4. The summed E-state index contributed by atoms with van der Waals surface area (Å²) in [7, 11) is 0. The van der Waals surface area contributed by atoms with E-state index >= 15 is 0 Å². The van der Waals surface area contributed by atoms with Crippen LogP contribution >= 0.6 is 35.8 Å². The van der Waals surface area contributed by atoms with Gasteiger partial charge in [-0.25, -0.2) is 4.98 Å². The van der Waals surface area contributed by atoms with Crippen LogP contribution in [0.25, 0.3) is 43.0 Å². The quantitative estimate of drug-likeness (QED) is 0.301. The first kappa shape index (κ1) is 16.4. The lowest BCUT2D eigenvalue weighted by molar-refractivity contribution is 0.582. The Kier molecular flexibility index (Phi) is 3.47. The van der Waals surface area contributed by atoms with Gasteiger partial charge in [-0.1, -0.05) is 36.5 Å². The predicted molar refractivity (Wildman–Crippen MR) is 118 cm³/mol. The number of hydrogen-bond donors (Lipinski definition) is 2. The highest BCUT2D eigenvalue weighted by molar-refractivity contribution is 7.72. The molecule has 1 aromatic carbocycles. The number of benzene rings is 1. The molecule has 0 radical (unpaired) electrons. The van der Waals surface area contributed by atoms with Crippen molar-refractivity contribution in [3.8, 4) is 22.6 Å². The third-order valence-corrected chi connectivity index (χ3v) is 7.04. The van der Waals surface area contributed by atoms with Gasteiger partial charge < -0.3 is 14.4 Å². The molecule has 4 heterocycles. The first-order valence-corrected chi connectivity index (χ1v) is 10.6. The van der Waals surface area contributed by atoms with Gasteiger partial charge in [-0.15, -0.1) is 11.3 Å². The lowest BCUT2D eigenvalue weighted by atomic mass is 9.85. The van der Waals surface area contributed by atoms with Crippen molar-refractivity contribution in [3.05, 3.63) is 63.2 Å². The van der Waals surface area contributed by atoms with E-state index in [2.05, 4.69) is 34.2 Å². The molecule has 7 heteroatoms. The normalized spacial score (nSPS) is 13.0. The average molecular weight is 420 g/mol. The van der Waals surface area contributed by atoms with E-state index in [1.54, 1.807) is 17.6 Å². The predicted octanol–water partition coefficient (Wildman–Crippen LogP) is 6.59. The van der Waals surface area contributed by atoms with E-state index in [9.17, 15) is 0 Å². The summed E-state index contributed by atoms with van der Waals surface area (Å²) in [5.41, 5.74) is 6.84. The van der Waals surface area contributed by atoms with Gasteiger partial charge in [-0.3, -0.25) is 0 Å². The Balaban J connectivity index is 1.86. The Morgan fingerprint density at radius 1 is 1.04 bits per heavy atom. The third kappa shape index (κ3) is 2.24. The summed E-state index contributed by atoms with van der Waals surface area (Å²) in [6.07, 6.45) is 3.62. The fourth-order valence-electron chi connectivity index (χ4n) is 4.14. The minimum atomic E-state index is 0.519. The summed E-state index contributed by atoms with van der Waals surface area (Å²) in [5.74, 6) is 0.848. The van der Waals surface area contributed by atoms with Crippen LogP contribution in [0.5, 0.6) is 0 Å². The molecule has 2 N–H and O–H groups in total. The van der Waals surface area contributed by atoms with Crippen molar-refractivity contribution in [2.75, 3.05) is 0 Å². The number of hydrogen-bond acceptors (Lipinski definition) is 5. The first-order valence-electron chi connectivity index (χ1n) is 8.94. The Hall–Kier alpha value is -2.61. The number of nitrogens with one attached hydrogen (secondary N) is 2. The highest BCUT2D eigenvalue weighted by atomic mass is 32.1. The van der Waals surface area contributed by atoms with Crippen molar-refractivity contribution >= 4 is 56.2 Å². The molecular formula is C21H13N3OS3. The second-order valence-corrected chi connectivity index (χ2v) is 8.66. The Morgan fingerprint density at radius 2 is 1.93 bits per heavy atom. The maximum absolute atomic E-state index is 5.86. The molecule has 0 spiro atoms. The summed E-state index contributed by atoms with van der Waals surface area (Å²) < 4.78 is 7.99. The second-order valence-electron chi connectivity index (χ2n) is 6.84. The molecule has 0 bridgehead atoms. The van der Waals surface area contributed by atoms with Crippen molar-refractivity contribution in [2.24, 2.45) is 0 Å². The smallest absolute Gasteiger partial charge is 0.175 e. The SMILES string of the molecule is S=c1[nH]c(=S)c2sc3nc4c(c(-c5ccco5)c3c2[nH]1)CCc1ccccc1-4. The number of pyridine rings is 1. The number of nitrogens with zero attached hydrogens (tertiary/aromatic N) is 1. The second kappa shape index (κ2) is 5.94. The minimum Gasteiger partial charge on any atom is -0.464 e. The summed E-state index contributed by atoms with van der Waals surface area (Å²) in [5, 5.41) is 1.04. The molecule has 0 saturated carbocycles. The van der Waals surface area contributed by atoms with Gasteiger partial charge in [0.2, 0.25) is 0 Å². The number of aryl methyl sites for hydroxylation is 1. The Bertz CT molecular complexity index is 1510. The zero-order valence-electron chi connectivity index (χ0n) is 14.5. The molecule has 0 atom stereocenters. The van der Waals surface area contributed by atoms with Gasteiger partial charge in [0.05, 0.1) is 22.2 Å². The summed E-state index contributed by atoms with van der Waals surface area (Å²) >= 11 is 12.5. The zero-order valence-corrected chi connectivity index (χ0v) is 17.0. The van der Waals surface area contributed by atoms with Crippen LogP contribution in [-0.2, 0) is 12.8 Å². The fourth-order valence-corrected chi connectivity index (χ4v) is 5.77. The third-order valence-electron chi connectivity index (χ3n) is 5.30. The Labute approximate surface area is 173 Å². The van der Waals surface area contributed by atoms with Gasteiger partial charge in [-0.05, 0) is 48.3 Å². The van der Waals surface area contributed by atoms with Crippen molar-refractivity contribution in [1.29, 1.82) is 0 Å². The number of H-pyrrole nitrogens is 2. The standard InChI is InChI=1S/C21H13N3OS3/c26-19-18-17(23-21(27)24-19)15-14(13-6-3-9-25-13)12-8-7-10-4-1-2-5-11(10)16(12)22-20(15)28-18/h1-6,9H,7-8H2,(H2,23,24,26,27). The molecule has 5 aromatic rings.